The largest absolute Gasteiger partial charge is 0.384 e. The molecule has 1 fully saturated rings. The zero-order chi connectivity index (χ0) is 24.4. The number of carbonyl (C=O) groups is 2. The Hall–Kier alpha value is -2.57. The van der Waals surface area contributed by atoms with Gasteiger partial charge < -0.3 is 15.3 Å². The number of hydrogen-bond acceptors (Lipinski definition) is 3. The van der Waals surface area contributed by atoms with Gasteiger partial charge in [-0.15, -0.1) is 0 Å². The molecule has 2 unspecified atom stereocenters. The summed E-state index contributed by atoms with van der Waals surface area (Å²) in [5.74, 6) is -0.225. The van der Waals surface area contributed by atoms with E-state index in [9.17, 15) is 14.7 Å². The minimum atomic E-state index is -1.08. The maximum Gasteiger partial charge on any atom is 0.322 e. The van der Waals surface area contributed by atoms with Crippen LogP contribution in [0, 0.1) is 11.3 Å². The van der Waals surface area contributed by atoms with Crippen molar-refractivity contribution < 1.29 is 14.7 Å². The summed E-state index contributed by atoms with van der Waals surface area (Å²) in [5, 5.41) is 15.1. The molecule has 3 amide bonds. The average molecular weight is 472 g/mol. The van der Waals surface area contributed by atoms with Crippen LogP contribution < -0.4 is 10.2 Å². The third-order valence-electron chi connectivity index (χ3n) is 6.74. The molecule has 1 heterocycles. The molecule has 1 aliphatic heterocycles. The first-order valence-electron chi connectivity index (χ1n) is 11.3. The van der Waals surface area contributed by atoms with Crippen molar-refractivity contribution in [3.8, 4) is 0 Å². The van der Waals surface area contributed by atoms with Gasteiger partial charge in [0.2, 0.25) is 5.91 Å². The number of nitrogens with zero attached hydrogens (tertiary/aromatic N) is 2. The zero-order valence-corrected chi connectivity index (χ0v) is 20.8. The molecule has 0 saturated carbocycles. The lowest BCUT2D eigenvalue weighted by molar-refractivity contribution is -0.155. The molecule has 178 valence electrons. The molecule has 0 aromatic heterocycles. The number of amides is 3. The molecule has 2 aromatic rings. The Morgan fingerprint density at radius 3 is 2.24 bits per heavy atom. The number of piperidine rings is 1. The van der Waals surface area contributed by atoms with Crippen molar-refractivity contribution >= 4 is 29.2 Å². The standard InChI is InChI=1S/C26H34ClN3O3/c1-18(2)22(28-24(32)29(5)21-9-7-6-8-10-21)23(31)30-16-15-26(33,25(3,4)17-30)19-11-13-20(27)14-12-19/h6-14,18,22,33H,15-17H2,1-5H3,(H,28,32). The second kappa shape index (κ2) is 9.74. The smallest absolute Gasteiger partial charge is 0.322 e. The zero-order valence-electron chi connectivity index (χ0n) is 20.0. The third kappa shape index (κ3) is 5.17. The molecular weight excluding hydrogens is 438 g/mol. The second-order valence-corrected chi connectivity index (χ2v) is 10.3. The van der Waals surface area contributed by atoms with Crippen molar-refractivity contribution in [1.82, 2.24) is 10.2 Å². The minimum absolute atomic E-state index is 0.0918. The van der Waals surface area contributed by atoms with Crippen molar-refractivity contribution in [2.45, 2.75) is 45.8 Å². The van der Waals surface area contributed by atoms with E-state index in [-0.39, 0.29) is 17.9 Å². The molecule has 0 bridgehead atoms. The Morgan fingerprint density at radius 1 is 1.09 bits per heavy atom. The second-order valence-electron chi connectivity index (χ2n) is 9.83. The van der Waals surface area contributed by atoms with Crippen LogP contribution in [0.1, 0.15) is 39.7 Å². The molecule has 7 heteroatoms. The number of likely N-dealkylation sites (tertiary alicyclic amines) is 1. The predicted molar refractivity (Wildman–Crippen MR) is 132 cm³/mol. The van der Waals surface area contributed by atoms with Crippen molar-refractivity contribution in [3.05, 3.63) is 65.2 Å². The Balaban J connectivity index is 1.74. The molecule has 3 rings (SSSR count). The van der Waals surface area contributed by atoms with Crippen LogP contribution >= 0.6 is 11.6 Å². The molecule has 1 aliphatic rings. The van der Waals surface area contributed by atoms with Crippen molar-refractivity contribution in [3.63, 3.8) is 0 Å². The fraction of sp³-hybridized carbons (Fsp3) is 0.462. The molecule has 0 aliphatic carbocycles. The summed E-state index contributed by atoms with van der Waals surface area (Å²) >= 11 is 6.03. The molecule has 2 N–H and O–H groups in total. The Kier molecular flexibility index (Phi) is 7.39. The highest BCUT2D eigenvalue weighted by Crippen LogP contribution is 2.46. The van der Waals surface area contributed by atoms with Crippen LogP contribution in [0.3, 0.4) is 0 Å². The quantitative estimate of drug-likeness (QED) is 0.666. The molecule has 0 spiro atoms. The predicted octanol–water partition coefficient (Wildman–Crippen LogP) is 4.66. The molecule has 33 heavy (non-hydrogen) atoms. The van der Waals surface area contributed by atoms with E-state index in [1.54, 1.807) is 24.1 Å². The first kappa shape index (κ1) is 25.1. The number of aliphatic hydroxyl groups is 1. The number of rotatable bonds is 5. The summed E-state index contributed by atoms with van der Waals surface area (Å²) in [6.45, 7) is 8.54. The highest BCUT2D eigenvalue weighted by atomic mass is 35.5. The Bertz CT molecular complexity index is 978. The maximum absolute atomic E-state index is 13.5. The van der Waals surface area contributed by atoms with Crippen LogP contribution in [0.4, 0.5) is 10.5 Å². The van der Waals surface area contributed by atoms with E-state index >= 15 is 0 Å². The number of para-hydroxylation sites is 1. The van der Waals surface area contributed by atoms with Gasteiger partial charge in [0.05, 0.1) is 5.60 Å². The SMILES string of the molecule is CC(C)C(NC(=O)N(C)c1ccccc1)C(=O)N1CCC(O)(c2ccc(Cl)cc2)C(C)(C)C1. The number of anilines is 1. The van der Waals surface area contributed by atoms with Gasteiger partial charge in [0.1, 0.15) is 6.04 Å². The molecule has 2 atom stereocenters. The van der Waals surface area contributed by atoms with Crippen LogP contribution in [-0.4, -0.2) is 48.1 Å². The number of benzene rings is 2. The van der Waals surface area contributed by atoms with E-state index in [1.807, 2.05) is 70.2 Å². The first-order valence-corrected chi connectivity index (χ1v) is 11.7. The summed E-state index contributed by atoms with van der Waals surface area (Å²) in [4.78, 5) is 29.7. The van der Waals surface area contributed by atoms with Gasteiger partial charge >= 0.3 is 6.03 Å². The highest BCUT2D eigenvalue weighted by Gasteiger charge is 2.50. The van der Waals surface area contributed by atoms with Crippen molar-refractivity contribution in [2.24, 2.45) is 11.3 Å². The fourth-order valence-corrected chi connectivity index (χ4v) is 4.61. The van der Waals surface area contributed by atoms with Gasteiger partial charge in [0.25, 0.3) is 0 Å². The van der Waals surface area contributed by atoms with E-state index in [4.69, 9.17) is 11.6 Å². The number of nitrogens with one attached hydrogen (secondary N) is 1. The highest BCUT2D eigenvalue weighted by molar-refractivity contribution is 6.30. The summed E-state index contributed by atoms with van der Waals surface area (Å²) in [6, 6.07) is 15.5. The number of urea groups is 1. The minimum Gasteiger partial charge on any atom is -0.384 e. The van der Waals surface area contributed by atoms with E-state index in [2.05, 4.69) is 5.32 Å². The van der Waals surface area contributed by atoms with Gasteiger partial charge in [0, 0.05) is 36.3 Å². The number of hydrogen-bond donors (Lipinski definition) is 2. The maximum atomic E-state index is 13.5. The van der Waals surface area contributed by atoms with Crippen LogP contribution in [0.25, 0.3) is 0 Å². The van der Waals surface area contributed by atoms with Gasteiger partial charge in [-0.3, -0.25) is 9.69 Å². The first-order chi connectivity index (χ1) is 15.5. The molecular formula is C26H34ClN3O3. The topological polar surface area (TPSA) is 72.9 Å². The summed E-state index contributed by atoms with van der Waals surface area (Å²) in [5.41, 5.74) is -0.140. The van der Waals surface area contributed by atoms with Crippen molar-refractivity contribution in [1.29, 1.82) is 0 Å². The van der Waals surface area contributed by atoms with Crippen LogP contribution in [0.15, 0.2) is 54.6 Å². The summed E-state index contributed by atoms with van der Waals surface area (Å²) < 4.78 is 0. The van der Waals surface area contributed by atoms with E-state index in [0.29, 0.717) is 24.5 Å². The van der Waals surface area contributed by atoms with E-state index < -0.39 is 17.1 Å². The molecule has 0 radical (unpaired) electrons. The summed E-state index contributed by atoms with van der Waals surface area (Å²) in [6.07, 6.45) is 0.399. The molecule has 6 nitrogen and oxygen atoms in total. The van der Waals surface area contributed by atoms with Crippen LogP contribution in [0.2, 0.25) is 5.02 Å². The van der Waals surface area contributed by atoms with Gasteiger partial charge in [-0.25, -0.2) is 4.79 Å². The van der Waals surface area contributed by atoms with Gasteiger partial charge in [-0.05, 0) is 42.2 Å². The fourth-order valence-electron chi connectivity index (χ4n) is 4.48. The molecule has 1 saturated heterocycles. The van der Waals surface area contributed by atoms with Gasteiger partial charge in [0.15, 0.2) is 0 Å². The summed E-state index contributed by atoms with van der Waals surface area (Å²) in [7, 11) is 1.68. The van der Waals surface area contributed by atoms with Crippen LogP contribution in [0.5, 0.6) is 0 Å². The Morgan fingerprint density at radius 2 is 1.70 bits per heavy atom. The third-order valence-corrected chi connectivity index (χ3v) is 6.99. The normalized spacial score (nSPS) is 20.9. The lowest BCUT2D eigenvalue weighted by Crippen LogP contribution is -2.61. The monoisotopic (exact) mass is 471 g/mol. The molecule has 2 aromatic carbocycles. The number of carbonyl (C=O) groups excluding carboxylic acids is 2. The lowest BCUT2D eigenvalue weighted by Gasteiger charge is -2.51. The van der Waals surface area contributed by atoms with Gasteiger partial charge in [-0.2, -0.15) is 0 Å². The van der Waals surface area contributed by atoms with Crippen LogP contribution in [-0.2, 0) is 10.4 Å². The Labute approximate surface area is 201 Å². The number of halogens is 1. The van der Waals surface area contributed by atoms with E-state index in [1.165, 1.54) is 4.90 Å². The lowest BCUT2D eigenvalue weighted by atomic mass is 9.66. The average Bonchev–Trinajstić information content (AvgIpc) is 2.78. The van der Waals surface area contributed by atoms with E-state index in [0.717, 1.165) is 11.3 Å². The van der Waals surface area contributed by atoms with Gasteiger partial charge in [-0.1, -0.05) is 69.6 Å². The van der Waals surface area contributed by atoms with Crippen molar-refractivity contribution in [2.75, 3.05) is 25.0 Å².